The van der Waals surface area contributed by atoms with E-state index < -0.39 is 0 Å². The molecule has 3 aromatic rings. The average molecular weight is 419 g/mol. The van der Waals surface area contributed by atoms with Crippen LogP contribution in [-0.4, -0.2) is 23.8 Å². The molecule has 4 nitrogen and oxygen atoms in total. The Bertz CT molecular complexity index is 1000. The zero-order chi connectivity index (χ0) is 22.2. The Balaban J connectivity index is 1.66. The summed E-state index contributed by atoms with van der Waals surface area (Å²) in [6, 6.07) is 23.5. The van der Waals surface area contributed by atoms with Gasteiger partial charge in [-0.05, 0) is 41.0 Å². The number of benzene rings is 3. The van der Waals surface area contributed by atoms with Gasteiger partial charge in [-0.25, -0.2) is 4.39 Å². The number of likely N-dealkylation sites (N-methyl/N-ethyl adjacent to an activating group) is 1. The van der Waals surface area contributed by atoms with Crippen molar-refractivity contribution in [1.82, 2.24) is 4.90 Å². The minimum atomic E-state index is -0.302. The highest BCUT2D eigenvalue weighted by molar-refractivity contribution is 5.93. The molecular weight excluding hydrogens is 391 g/mol. The first-order valence-corrected chi connectivity index (χ1v) is 10.4. The highest BCUT2D eigenvalue weighted by atomic mass is 19.1. The van der Waals surface area contributed by atoms with Crippen molar-refractivity contribution in [3.63, 3.8) is 0 Å². The van der Waals surface area contributed by atoms with Crippen LogP contribution in [0.2, 0.25) is 0 Å². The molecule has 0 atom stereocenters. The zero-order valence-electron chi connectivity index (χ0n) is 17.9. The Morgan fingerprint density at radius 1 is 0.742 bits per heavy atom. The van der Waals surface area contributed by atoms with Crippen LogP contribution in [0.25, 0.3) is 0 Å². The molecular formula is C26H27FN2O2. The van der Waals surface area contributed by atoms with Gasteiger partial charge in [-0.3, -0.25) is 9.59 Å². The third-order valence-corrected chi connectivity index (χ3v) is 5.15. The van der Waals surface area contributed by atoms with Crippen molar-refractivity contribution in [2.75, 3.05) is 11.9 Å². The molecule has 0 aliphatic rings. The maximum atomic E-state index is 13.2. The lowest BCUT2D eigenvalue weighted by molar-refractivity contribution is -0.129. The molecule has 31 heavy (non-hydrogen) atoms. The summed E-state index contributed by atoms with van der Waals surface area (Å²) >= 11 is 0. The lowest BCUT2D eigenvalue weighted by atomic mass is 10.1. The molecule has 5 heteroatoms. The Labute approximate surface area is 182 Å². The lowest BCUT2D eigenvalue weighted by Crippen LogP contribution is -2.29. The minimum Gasteiger partial charge on any atom is -0.341 e. The second kappa shape index (κ2) is 10.5. The highest BCUT2D eigenvalue weighted by Crippen LogP contribution is 2.20. The van der Waals surface area contributed by atoms with Gasteiger partial charge in [0.1, 0.15) is 5.82 Å². The first-order chi connectivity index (χ1) is 15.0. The van der Waals surface area contributed by atoms with Crippen molar-refractivity contribution in [2.45, 2.75) is 32.9 Å². The van der Waals surface area contributed by atoms with Crippen LogP contribution in [0.15, 0.2) is 78.9 Å². The van der Waals surface area contributed by atoms with E-state index in [1.165, 1.54) is 12.1 Å². The second-order valence-corrected chi connectivity index (χ2v) is 7.54. The van der Waals surface area contributed by atoms with Crippen LogP contribution in [0.5, 0.6) is 0 Å². The first-order valence-electron chi connectivity index (χ1n) is 10.4. The lowest BCUT2D eigenvalue weighted by Gasteiger charge is -2.23. The van der Waals surface area contributed by atoms with Crippen LogP contribution in [0.4, 0.5) is 10.1 Å². The number of amides is 2. The molecule has 160 valence electrons. The van der Waals surface area contributed by atoms with Gasteiger partial charge in [0.15, 0.2) is 0 Å². The van der Waals surface area contributed by atoms with E-state index >= 15 is 0 Å². The van der Waals surface area contributed by atoms with E-state index in [4.69, 9.17) is 0 Å². The second-order valence-electron chi connectivity index (χ2n) is 7.54. The fourth-order valence-corrected chi connectivity index (χ4v) is 3.34. The topological polar surface area (TPSA) is 40.6 Å². The fourth-order valence-electron chi connectivity index (χ4n) is 3.34. The number of halogens is 1. The van der Waals surface area contributed by atoms with Gasteiger partial charge < -0.3 is 9.80 Å². The van der Waals surface area contributed by atoms with Crippen molar-refractivity contribution >= 4 is 17.5 Å². The third kappa shape index (κ3) is 6.25. The summed E-state index contributed by atoms with van der Waals surface area (Å²) in [7, 11) is 1.80. The van der Waals surface area contributed by atoms with Gasteiger partial charge in [0.25, 0.3) is 0 Å². The predicted molar refractivity (Wildman–Crippen MR) is 121 cm³/mol. The monoisotopic (exact) mass is 418 g/mol. The first kappa shape index (κ1) is 22.2. The molecule has 3 aromatic carbocycles. The standard InChI is InChI=1S/C26H27FN2O2/c1-3-25(30)29(19-22-9-13-23(27)14-10-22)24-15-11-20(12-16-24)17-26(31)28(2)18-21-7-5-4-6-8-21/h4-16H,3,17-19H2,1-2H3. The fraction of sp³-hybridized carbons (Fsp3) is 0.231. The summed E-state index contributed by atoms with van der Waals surface area (Å²) in [4.78, 5) is 28.5. The third-order valence-electron chi connectivity index (χ3n) is 5.15. The van der Waals surface area contributed by atoms with E-state index in [0.717, 1.165) is 22.4 Å². The van der Waals surface area contributed by atoms with Crippen LogP contribution in [0.1, 0.15) is 30.0 Å². The summed E-state index contributed by atoms with van der Waals surface area (Å²) in [5.41, 5.74) is 3.58. The van der Waals surface area contributed by atoms with Crippen LogP contribution in [0.3, 0.4) is 0 Å². The summed E-state index contributed by atoms with van der Waals surface area (Å²) in [6.07, 6.45) is 0.662. The van der Waals surface area contributed by atoms with E-state index in [-0.39, 0.29) is 17.6 Å². The van der Waals surface area contributed by atoms with Crippen LogP contribution in [-0.2, 0) is 29.1 Å². The molecule has 0 aliphatic carbocycles. The molecule has 0 spiro atoms. The normalized spacial score (nSPS) is 10.5. The minimum absolute atomic E-state index is 0.0178. The predicted octanol–water partition coefficient (Wildman–Crippen LogP) is 4.97. The molecule has 0 heterocycles. The number of hydrogen-bond acceptors (Lipinski definition) is 2. The van der Waals surface area contributed by atoms with Crippen molar-refractivity contribution in [1.29, 1.82) is 0 Å². The van der Waals surface area contributed by atoms with Crippen molar-refractivity contribution < 1.29 is 14.0 Å². The molecule has 0 aliphatic heterocycles. The highest BCUT2D eigenvalue weighted by Gasteiger charge is 2.16. The number of hydrogen-bond donors (Lipinski definition) is 0. The largest absolute Gasteiger partial charge is 0.341 e. The number of carbonyl (C=O) groups is 2. The van der Waals surface area contributed by atoms with Gasteiger partial charge in [-0.15, -0.1) is 0 Å². The number of carbonyl (C=O) groups excluding carboxylic acids is 2. The molecule has 0 N–H and O–H groups in total. The van der Waals surface area contributed by atoms with Crippen molar-refractivity contribution in [3.8, 4) is 0 Å². The molecule has 3 rings (SSSR count). The summed E-state index contributed by atoms with van der Waals surface area (Å²) in [6.45, 7) is 2.74. The van der Waals surface area contributed by atoms with Gasteiger partial charge in [0.2, 0.25) is 11.8 Å². The Kier molecular flexibility index (Phi) is 7.55. The van der Waals surface area contributed by atoms with Gasteiger partial charge in [-0.2, -0.15) is 0 Å². The zero-order valence-corrected chi connectivity index (χ0v) is 17.9. The molecule has 0 bridgehead atoms. The van der Waals surface area contributed by atoms with Crippen molar-refractivity contribution in [2.24, 2.45) is 0 Å². The van der Waals surface area contributed by atoms with Crippen LogP contribution >= 0.6 is 0 Å². The summed E-state index contributed by atoms with van der Waals surface area (Å²) in [5.74, 6) is -0.288. The quantitative estimate of drug-likeness (QED) is 0.518. The molecule has 2 amide bonds. The van der Waals surface area contributed by atoms with E-state index in [1.807, 2.05) is 61.5 Å². The average Bonchev–Trinajstić information content (AvgIpc) is 2.79. The number of nitrogens with zero attached hydrogens (tertiary/aromatic N) is 2. The molecule has 0 aromatic heterocycles. The maximum absolute atomic E-state index is 13.2. The van der Waals surface area contributed by atoms with E-state index in [1.54, 1.807) is 29.0 Å². The molecule has 0 unspecified atom stereocenters. The molecule has 0 saturated carbocycles. The molecule has 0 radical (unpaired) electrons. The van der Waals surface area contributed by atoms with Gasteiger partial charge in [-0.1, -0.05) is 61.5 Å². The van der Waals surface area contributed by atoms with E-state index in [0.29, 0.717) is 25.9 Å². The Morgan fingerprint density at radius 3 is 1.94 bits per heavy atom. The number of rotatable bonds is 8. The molecule has 0 saturated heterocycles. The van der Waals surface area contributed by atoms with Gasteiger partial charge in [0.05, 0.1) is 13.0 Å². The summed E-state index contributed by atoms with van der Waals surface area (Å²) < 4.78 is 13.2. The maximum Gasteiger partial charge on any atom is 0.227 e. The Morgan fingerprint density at radius 2 is 1.32 bits per heavy atom. The van der Waals surface area contributed by atoms with E-state index in [2.05, 4.69) is 0 Å². The molecule has 0 fully saturated rings. The van der Waals surface area contributed by atoms with Crippen LogP contribution < -0.4 is 4.90 Å². The Hall–Kier alpha value is -3.47. The van der Waals surface area contributed by atoms with Crippen molar-refractivity contribution in [3.05, 3.63) is 101 Å². The smallest absolute Gasteiger partial charge is 0.227 e. The summed E-state index contributed by atoms with van der Waals surface area (Å²) in [5, 5.41) is 0. The van der Waals surface area contributed by atoms with Gasteiger partial charge in [0, 0.05) is 25.7 Å². The van der Waals surface area contributed by atoms with Crippen LogP contribution in [0, 0.1) is 5.82 Å². The van der Waals surface area contributed by atoms with E-state index in [9.17, 15) is 14.0 Å². The number of anilines is 1. The SMILES string of the molecule is CCC(=O)N(Cc1ccc(F)cc1)c1ccc(CC(=O)N(C)Cc2ccccc2)cc1. The van der Waals surface area contributed by atoms with Gasteiger partial charge >= 0.3 is 0 Å².